The minimum Gasteiger partial charge on any atom is -1.00 e. The number of likely N-dealkylation sites (N-methyl/N-ethyl adjacent to an activating group) is 1. The summed E-state index contributed by atoms with van der Waals surface area (Å²) in [5, 5.41) is 1.15. The molecule has 2 atom stereocenters. The molecule has 52 heavy (non-hydrogen) atoms. The quantitative estimate of drug-likeness (QED) is 0.184. The van der Waals surface area contributed by atoms with E-state index < -0.39 is 59.7 Å². The first kappa shape index (κ1) is 56.9. The van der Waals surface area contributed by atoms with Crippen LogP contribution in [0, 0.1) is 35.4 Å². The number of carbonyl (C=O) groups is 4. The second-order valence-corrected chi connectivity index (χ2v) is 31.6. The normalized spacial score (nSPS) is 16.7. The Morgan fingerprint density at radius 3 is 1.38 bits per heavy atom. The van der Waals surface area contributed by atoms with Crippen molar-refractivity contribution >= 4 is 71.2 Å². The summed E-state index contributed by atoms with van der Waals surface area (Å²) in [4.78, 5) is 56.1. The van der Waals surface area contributed by atoms with E-state index in [-0.39, 0.29) is 51.7 Å². The minimum atomic E-state index is -1.58. The molecule has 0 saturated carbocycles. The van der Waals surface area contributed by atoms with Gasteiger partial charge in [-0.2, -0.15) is 0 Å². The van der Waals surface area contributed by atoms with Crippen LogP contribution in [0.5, 0.6) is 0 Å². The van der Waals surface area contributed by atoms with E-state index in [1.165, 1.54) is 24.0 Å². The molecule has 0 aromatic carbocycles. The second kappa shape index (κ2) is 24.6. The SMILES string of the molecule is C#C[Si](C)(C)C.CC(C)(C)OC(=O)N1CCC[C@H]1C(=O)C#C[Si](C)(C)C.CON(C)C(=O)[C@@H]1CCCN1C(=O)OC(C)(C)C.[Br-].[C-]#C[Si](C)(C)C.[Mg+2]. The van der Waals surface area contributed by atoms with Crippen molar-refractivity contribution in [2.75, 3.05) is 27.2 Å². The van der Waals surface area contributed by atoms with Crippen molar-refractivity contribution in [2.24, 2.45) is 0 Å². The molecule has 2 rings (SSSR count). The average molecular weight is 853 g/mol. The van der Waals surface area contributed by atoms with E-state index in [1.54, 1.807) is 20.8 Å². The number of carbonyl (C=O) groups excluding carboxylic acids is 4. The van der Waals surface area contributed by atoms with Crippen molar-refractivity contribution < 1.29 is 50.5 Å². The number of likely N-dealkylation sites (tertiary alicyclic amines) is 2. The Morgan fingerprint density at radius 1 is 0.750 bits per heavy atom. The van der Waals surface area contributed by atoms with Gasteiger partial charge in [0.05, 0.1) is 15.2 Å². The summed E-state index contributed by atoms with van der Waals surface area (Å²) in [6, 6.07) is -0.918. The van der Waals surface area contributed by atoms with Crippen molar-refractivity contribution in [3.8, 4) is 29.0 Å². The van der Waals surface area contributed by atoms with Crippen LogP contribution >= 0.6 is 0 Å². The molecule has 0 spiro atoms. The van der Waals surface area contributed by atoms with E-state index in [9.17, 15) is 19.2 Å². The van der Waals surface area contributed by atoms with Crippen LogP contribution < -0.4 is 17.0 Å². The van der Waals surface area contributed by atoms with Crippen LogP contribution in [-0.4, -0.2) is 137 Å². The number of ketones is 1. The number of rotatable bonds is 3. The Hall–Kier alpha value is -1.78. The van der Waals surface area contributed by atoms with Crippen molar-refractivity contribution in [1.29, 1.82) is 0 Å². The summed E-state index contributed by atoms with van der Waals surface area (Å²) in [6.07, 6.45) is 13.9. The van der Waals surface area contributed by atoms with Gasteiger partial charge in [-0.25, -0.2) is 14.7 Å². The van der Waals surface area contributed by atoms with Gasteiger partial charge in [0.1, 0.15) is 39.4 Å². The number of halogens is 1. The number of Topliss-reactive ketones (excluding diaryl/α,β-unsaturated/α-hetero) is 1. The average Bonchev–Trinajstić information content (AvgIpc) is 3.64. The van der Waals surface area contributed by atoms with E-state index in [4.69, 9.17) is 27.2 Å². The Morgan fingerprint density at radius 2 is 1.10 bits per heavy atom. The third kappa shape index (κ3) is 27.8. The Balaban J connectivity index is -0.000000329. The molecule has 0 aromatic heterocycles. The van der Waals surface area contributed by atoms with Crippen molar-refractivity contribution in [1.82, 2.24) is 14.9 Å². The topological polar surface area (TPSA) is 106 Å². The van der Waals surface area contributed by atoms with Crippen LogP contribution in [0.4, 0.5) is 9.59 Å². The molecule has 0 N–H and O–H groups in total. The largest absolute Gasteiger partial charge is 2.00 e. The second-order valence-electron chi connectivity index (χ2n) is 17.3. The molecule has 2 fully saturated rings. The predicted octanol–water partition coefficient (Wildman–Crippen LogP) is 3.82. The van der Waals surface area contributed by atoms with Crippen molar-refractivity contribution in [3.05, 3.63) is 6.42 Å². The first-order valence-corrected chi connectivity index (χ1v) is 27.7. The fraction of sp³-hybridized carbons (Fsp3) is 0.730. The summed E-state index contributed by atoms with van der Waals surface area (Å²) in [6.45, 7) is 31.0. The molecule has 2 aliphatic heterocycles. The zero-order chi connectivity index (χ0) is 39.9. The number of terminal acetylenes is 1. The maximum atomic E-state index is 12.2. The first-order chi connectivity index (χ1) is 22.4. The maximum Gasteiger partial charge on any atom is 2.00 e. The van der Waals surface area contributed by atoms with Gasteiger partial charge in [0.15, 0.2) is 0 Å². The van der Waals surface area contributed by atoms with Crippen molar-refractivity contribution in [3.63, 3.8) is 0 Å². The molecule has 2 saturated heterocycles. The van der Waals surface area contributed by atoms with E-state index in [2.05, 4.69) is 81.5 Å². The number of hydroxylamine groups is 2. The van der Waals surface area contributed by atoms with Gasteiger partial charge in [-0.05, 0) is 73.1 Å². The van der Waals surface area contributed by atoms with E-state index in [1.807, 2.05) is 20.8 Å². The van der Waals surface area contributed by atoms with Gasteiger partial charge in [-0.1, -0.05) is 58.9 Å². The summed E-state index contributed by atoms with van der Waals surface area (Å²) in [5.41, 5.74) is 7.20. The molecular formula is C37H66BrMgN3O7Si3. The molecule has 0 bridgehead atoms. The van der Waals surface area contributed by atoms with Crippen LogP contribution in [0.2, 0.25) is 58.9 Å². The fourth-order valence-electron chi connectivity index (χ4n) is 3.77. The van der Waals surface area contributed by atoms with Crippen LogP contribution in [0.1, 0.15) is 67.2 Å². The molecule has 10 nitrogen and oxygen atoms in total. The maximum absolute atomic E-state index is 12.2. The zero-order valence-corrected chi connectivity index (χ0v) is 41.3. The molecule has 0 unspecified atom stereocenters. The first-order valence-electron chi connectivity index (χ1n) is 17.2. The Kier molecular flexibility index (Phi) is 26.9. The molecule has 0 aromatic rings. The molecule has 15 heteroatoms. The van der Waals surface area contributed by atoms with E-state index in [0.717, 1.165) is 17.9 Å². The number of amides is 3. The third-order valence-electron chi connectivity index (χ3n) is 6.30. The van der Waals surface area contributed by atoms with Crippen LogP contribution in [0.15, 0.2) is 0 Å². The zero-order valence-electron chi connectivity index (χ0n) is 35.3. The number of hydrogen-bond acceptors (Lipinski definition) is 7. The monoisotopic (exact) mass is 851 g/mol. The van der Waals surface area contributed by atoms with E-state index >= 15 is 0 Å². The van der Waals surface area contributed by atoms with Gasteiger partial charge in [0.25, 0.3) is 5.91 Å². The molecule has 292 valence electrons. The van der Waals surface area contributed by atoms with Gasteiger partial charge >= 0.3 is 35.2 Å². The number of nitrogens with zero attached hydrogens (tertiary/aromatic N) is 3. The third-order valence-corrected chi connectivity index (χ3v) is 8.79. The van der Waals surface area contributed by atoms with Gasteiger partial charge < -0.3 is 38.4 Å². The van der Waals surface area contributed by atoms with Crippen LogP contribution in [0.3, 0.4) is 0 Å². The summed E-state index contributed by atoms with van der Waals surface area (Å²) in [7, 11) is -0.936. The number of ether oxygens (including phenoxy) is 2. The van der Waals surface area contributed by atoms with Gasteiger partial charge in [-0.15, -0.1) is 17.5 Å². The van der Waals surface area contributed by atoms with Gasteiger partial charge in [0, 0.05) is 20.1 Å². The molecule has 3 amide bonds. The number of hydrogen-bond donors (Lipinski definition) is 0. The minimum absolute atomic E-state index is 0. The molecule has 0 aliphatic carbocycles. The van der Waals surface area contributed by atoms with E-state index in [0.29, 0.717) is 25.9 Å². The summed E-state index contributed by atoms with van der Waals surface area (Å²) >= 11 is 0. The van der Waals surface area contributed by atoms with Gasteiger partial charge in [0.2, 0.25) is 5.78 Å². The Labute approximate surface area is 346 Å². The van der Waals surface area contributed by atoms with Crippen LogP contribution in [-0.2, 0) is 23.9 Å². The van der Waals surface area contributed by atoms with Gasteiger partial charge in [-0.3, -0.25) is 24.2 Å². The molecule has 2 aliphatic rings. The molecule has 2 heterocycles. The summed E-state index contributed by atoms with van der Waals surface area (Å²) in [5.74, 6) is 2.36. The standard InChI is InChI=1S/C15H25NO3Si.C12H22N2O4.C5H10Si.C5H9Si.BrH.Mg/c1-15(2,3)19-14(18)16-10-7-8-12(16)13(17)9-11-20(4,5)6;1-12(2,3)18-11(16)14-8-6-7-9(14)10(15)13(4)17-5;2*1-5-6(2,3)4;;/h12H,7-8,10H2,1-6H3;9H,6-8H2,1-5H3;1H,2-4H3;2-4H3;1H;/q;;;-1;;+2/p-1/t12-;9-;;;;/m00..../s1. The summed E-state index contributed by atoms with van der Waals surface area (Å²) < 4.78 is 10.6. The molecular weight excluding hydrogens is 787 g/mol. The molecule has 0 radical (unpaired) electrons. The Bertz CT molecular complexity index is 1270. The van der Waals surface area contributed by atoms with Crippen LogP contribution in [0.25, 0.3) is 0 Å². The fourth-order valence-corrected chi connectivity index (χ4v) is 4.27. The van der Waals surface area contributed by atoms with Crippen molar-refractivity contribution in [2.45, 2.75) is 149 Å². The smallest absolute Gasteiger partial charge is 1.00 e. The predicted molar refractivity (Wildman–Crippen MR) is 216 cm³/mol.